The molecule has 0 radical (unpaired) electrons. The van der Waals surface area contributed by atoms with E-state index in [2.05, 4.69) is 50.7 Å². The van der Waals surface area contributed by atoms with Gasteiger partial charge >= 0.3 is 0 Å². The summed E-state index contributed by atoms with van der Waals surface area (Å²) in [5.74, 6) is 0. The van der Waals surface area contributed by atoms with Gasteiger partial charge in [0.25, 0.3) is 0 Å². The molecule has 0 amide bonds. The van der Waals surface area contributed by atoms with E-state index in [1.807, 2.05) is 12.5 Å². The second-order valence-corrected chi connectivity index (χ2v) is 5.89. The van der Waals surface area contributed by atoms with Crippen molar-refractivity contribution in [2.75, 3.05) is 44.7 Å². The first-order chi connectivity index (χ1) is 10.8. The summed E-state index contributed by atoms with van der Waals surface area (Å²) in [5.41, 5.74) is 3.57. The molecule has 5 nitrogen and oxygen atoms in total. The summed E-state index contributed by atoms with van der Waals surface area (Å²) in [5, 5.41) is 8.98. The Labute approximate surface area is 131 Å². The fourth-order valence-electron chi connectivity index (χ4n) is 2.89. The van der Waals surface area contributed by atoms with Gasteiger partial charge in [-0.25, -0.2) is 4.98 Å². The Kier molecular flexibility index (Phi) is 4.75. The molecule has 1 N–H and O–H groups in total. The number of aryl methyl sites for hydroxylation is 1. The van der Waals surface area contributed by atoms with Crippen molar-refractivity contribution >= 4 is 5.69 Å². The third-order valence-corrected chi connectivity index (χ3v) is 4.30. The van der Waals surface area contributed by atoms with Crippen molar-refractivity contribution in [2.45, 2.75) is 13.0 Å². The van der Waals surface area contributed by atoms with Crippen molar-refractivity contribution in [2.24, 2.45) is 0 Å². The summed E-state index contributed by atoms with van der Waals surface area (Å²) in [6, 6.07) is 8.73. The quantitative estimate of drug-likeness (QED) is 0.912. The maximum absolute atomic E-state index is 8.98. The minimum absolute atomic E-state index is 0.208. The molecule has 2 aromatic rings. The lowest BCUT2D eigenvalue weighted by atomic mass is 10.1. The predicted molar refractivity (Wildman–Crippen MR) is 89.1 cm³/mol. The van der Waals surface area contributed by atoms with Gasteiger partial charge < -0.3 is 19.5 Å². The molecule has 22 heavy (non-hydrogen) atoms. The van der Waals surface area contributed by atoms with Crippen molar-refractivity contribution < 1.29 is 5.11 Å². The van der Waals surface area contributed by atoms with E-state index < -0.39 is 0 Å². The van der Waals surface area contributed by atoms with Gasteiger partial charge in [-0.05, 0) is 31.2 Å². The van der Waals surface area contributed by atoms with Crippen LogP contribution >= 0.6 is 0 Å². The van der Waals surface area contributed by atoms with Crippen LogP contribution in [0.4, 0.5) is 5.69 Å². The minimum Gasteiger partial charge on any atom is -0.396 e. The molecule has 0 saturated carbocycles. The molecule has 0 aliphatic carbocycles. The highest BCUT2D eigenvalue weighted by atomic mass is 16.3. The van der Waals surface area contributed by atoms with Crippen molar-refractivity contribution in [1.29, 1.82) is 0 Å². The fourth-order valence-corrected chi connectivity index (χ4v) is 2.89. The Hall–Kier alpha value is -1.85. The number of hydrogen-bond acceptors (Lipinski definition) is 4. The molecule has 3 rings (SSSR count). The van der Waals surface area contributed by atoms with E-state index in [1.54, 1.807) is 0 Å². The number of anilines is 1. The van der Waals surface area contributed by atoms with E-state index in [4.69, 9.17) is 5.11 Å². The summed E-state index contributed by atoms with van der Waals surface area (Å²) in [4.78, 5) is 9.04. The van der Waals surface area contributed by atoms with Gasteiger partial charge in [0, 0.05) is 45.0 Å². The highest BCUT2D eigenvalue weighted by Crippen LogP contribution is 2.24. The zero-order chi connectivity index (χ0) is 15.4. The predicted octanol–water partition coefficient (Wildman–Crippen LogP) is 1.68. The molecule has 1 aliphatic rings. The van der Waals surface area contributed by atoms with Crippen LogP contribution in [-0.4, -0.2) is 59.4 Å². The number of aromatic nitrogens is 2. The first kappa shape index (κ1) is 15.1. The lowest BCUT2D eigenvalue weighted by Gasteiger charge is -2.34. The van der Waals surface area contributed by atoms with Crippen molar-refractivity contribution in [3.8, 4) is 11.3 Å². The summed E-state index contributed by atoms with van der Waals surface area (Å²) in [7, 11) is 2.17. The Bertz CT molecular complexity index is 585. The average Bonchev–Trinajstić information content (AvgIpc) is 3.02. The van der Waals surface area contributed by atoms with E-state index in [-0.39, 0.29) is 6.61 Å². The number of aliphatic hydroxyl groups is 1. The van der Waals surface area contributed by atoms with Crippen LogP contribution in [-0.2, 0) is 6.54 Å². The molecule has 0 unspecified atom stereocenters. The van der Waals surface area contributed by atoms with E-state index in [9.17, 15) is 0 Å². The molecule has 1 fully saturated rings. The largest absolute Gasteiger partial charge is 0.396 e. The molecule has 1 aromatic heterocycles. The zero-order valence-corrected chi connectivity index (χ0v) is 13.1. The smallest absolute Gasteiger partial charge is 0.0950 e. The Morgan fingerprint density at radius 2 is 1.82 bits per heavy atom. The van der Waals surface area contributed by atoms with Gasteiger partial charge in [-0.1, -0.05) is 12.1 Å². The number of aliphatic hydroxyl groups excluding tert-OH is 1. The van der Waals surface area contributed by atoms with Crippen LogP contribution in [0.25, 0.3) is 11.3 Å². The van der Waals surface area contributed by atoms with Crippen LogP contribution in [0.15, 0.2) is 36.8 Å². The maximum Gasteiger partial charge on any atom is 0.0950 e. The lowest BCUT2D eigenvalue weighted by Crippen LogP contribution is -2.44. The molecule has 1 aromatic carbocycles. The average molecular weight is 300 g/mol. The van der Waals surface area contributed by atoms with E-state index in [1.165, 1.54) is 11.3 Å². The van der Waals surface area contributed by atoms with Crippen LogP contribution < -0.4 is 4.90 Å². The fraction of sp³-hybridized carbons (Fsp3) is 0.471. The number of likely N-dealkylation sites (N-methyl/N-ethyl adjacent to an activating group) is 1. The highest BCUT2D eigenvalue weighted by molar-refractivity contribution is 5.63. The maximum atomic E-state index is 8.98. The number of rotatable bonds is 5. The zero-order valence-electron chi connectivity index (χ0n) is 13.1. The molecule has 0 spiro atoms. The molecular weight excluding hydrogens is 276 g/mol. The van der Waals surface area contributed by atoms with Gasteiger partial charge in [0.15, 0.2) is 0 Å². The van der Waals surface area contributed by atoms with Crippen LogP contribution in [0.5, 0.6) is 0 Å². The van der Waals surface area contributed by atoms with Crippen LogP contribution in [0.1, 0.15) is 6.42 Å². The number of benzene rings is 1. The van der Waals surface area contributed by atoms with Gasteiger partial charge in [0.1, 0.15) is 0 Å². The summed E-state index contributed by atoms with van der Waals surface area (Å²) in [6.45, 7) is 5.42. The van der Waals surface area contributed by atoms with Crippen LogP contribution in [0.2, 0.25) is 0 Å². The van der Waals surface area contributed by atoms with Crippen molar-refractivity contribution in [3.63, 3.8) is 0 Å². The second-order valence-electron chi connectivity index (χ2n) is 5.89. The first-order valence-electron chi connectivity index (χ1n) is 7.93. The second kappa shape index (κ2) is 6.94. The van der Waals surface area contributed by atoms with E-state index in [0.29, 0.717) is 0 Å². The topological polar surface area (TPSA) is 44.5 Å². The third-order valence-electron chi connectivity index (χ3n) is 4.30. The molecule has 118 valence electrons. The van der Waals surface area contributed by atoms with Crippen molar-refractivity contribution in [1.82, 2.24) is 14.5 Å². The lowest BCUT2D eigenvalue weighted by molar-refractivity contribution is 0.280. The van der Waals surface area contributed by atoms with Gasteiger partial charge in [-0.2, -0.15) is 0 Å². The van der Waals surface area contributed by atoms with E-state index >= 15 is 0 Å². The molecule has 1 saturated heterocycles. The summed E-state index contributed by atoms with van der Waals surface area (Å²) >= 11 is 0. The third kappa shape index (κ3) is 3.31. The molecule has 0 bridgehead atoms. The first-order valence-corrected chi connectivity index (χ1v) is 7.93. The van der Waals surface area contributed by atoms with Gasteiger partial charge in [-0.3, -0.25) is 0 Å². The molecule has 0 atom stereocenters. The monoisotopic (exact) mass is 300 g/mol. The summed E-state index contributed by atoms with van der Waals surface area (Å²) < 4.78 is 2.10. The van der Waals surface area contributed by atoms with Gasteiger partial charge in [-0.15, -0.1) is 0 Å². The highest BCUT2D eigenvalue weighted by Gasteiger charge is 2.14. The Morgan fingerprint density at radius 1 is 1.09 bits per heavy atom. The molecule has 2 heterocycles. The van der Waals surface area contributed by atoms with E-state index in [0.717, 1.165) is 44.8 Å². The number of nitrogens with zero attached hydrogens (tertiary/aromatic N) is 4. The SMILES string of the molecule is CN1CCN(c2ccc(-c3cncn3CCCO)cc2)CC1. The van der Waals surface area contributed by atoms with Crippen LogP contribution in [0, 0.1) is 0 Å². The molecular formula is C17H24N4O. The van der Waals surface area contributed by atoms with Crippen LogP contribution in [0.3, 0.4) is 0 Å². The van der Waals surface area contributed by atoms with Gasteiger partial charge in [0.2, 0.25) is 0 Å². The van der Waals surface area contributed by atoms with Crippen molar-refractivity contribution in [3.05, 3.63) is 36.8 Å². The Balaban J connectivity index is 1.73. The number of imidazole rings is 1. The molecule has 1 aliphatic heterocycles. The summed E-state index contributed by atoms with van der Waals surface area (Å²) in [6.07, 6.45) is 4.48. The minimum atomic E-state index is 0.208. The molecule has 5 heteroatoms. The van der Waals surface area contributed by atoms with Gasteiger partial charge in [0.05, 0.1) is 18.2 Å². The normalized spacial score (nSPS) is 16.2. The number of piperazine rings is 1. The number of hydrogen-bond donors (Lipinski definition) is 1. The standard InChI is InChI=1S/C17H24N4O/c1-19-8-10-20(11-9-19)16-5-3-15(4-6-16)17-13-18-14-21(17)7-2-12-22/h3-6,13-14,22H,2,7-12H2,1H3. The Morgan fingerprint density at radius 3 is 2.50 bits per heavy atom.